The quantitative estimate of drug-likeness (QED) is 0.447. The van der Waals surface area contributed by atoms with Crippen LogP contribution in [-0.4, -0.2) is 31.8 Å². The average molecular weight is 353 g/mol. The summed E-state index contributed by atoms with van der Waals surface area (Å²) in [6.07, 6.45) is 2.04. The Morgan fingerprint density at radius 1 is 1.26 bits per heavy atom. The molecular formula is C16H19NO4S2. The standard InChI is InChI=1S/C16H19NO4S2/c1-20-10-6-7-12-11(9-10)14(15(23-12)16(17)19)22-8-4-3-5-13(18)21-2/h6-7,9H,3-5,8H2,1-2H3,(H2,17,19). The molecular weight excluding hydrogens is 334 g/mol. The van der Waals surface area contributed by atoms with E-state index in [1.54, 1.807) is 18.9 Å². The van der Waals surface area contributed by atoms with E-state index in [1.165, 1.54) is 18.4 Å². The first-order chi connectivity index (χ1) is 11.1. The zero-order valence-corrected chi connectivity index (χ0v) is 14.7. The number of carbonyl (C=O) groups excluding carboxylic acids is 2. The molecule has 2 rings (SSSR count). The van der Waals surface area contributed by atoms with E-state index in [0.29, 0.717) is 11.3 Å². The van der Waals surface area contributed by atoms with Gasteiger partial charge in [-0.1, -0.05) is 0 Å². The van der Waals surface area contributed by atoms with Crippen molar-refractivity contribution in [2.45, 2.75) is 24.2 Å². The maximum absolute atomic E-state index is 11.7. The van der Waals surface area contributed by atoms with Gasteiger partial charge in [0.15, 0.2) is 0 Å². The number of methoxy groups -OCH3 is 2. The number of ether oxygens (including phenoxy) is 2. The number of nitrogens with two attached hydrogens (primary N) is 1. The number of benzene rings is 1. The van der Waals surface area contributed by atoms with Crippen molar-refractivity contribution in [2.75, 3.05) is 20.0 Å². The Labute approximate surface area is 143 Å². The van der Waals surface area contributed by atoms with Gasteiger partial charge in [-0.3, -0.25) is 9.59 Å². The SMILES string of the molecule is COC(=O)CCCCSc1c(C(N)=O)sc2ccc(OC)cc12. The molecule has 0 saturated carbocycles. The highest BCUT2D eigenvalue weighted by molar-refractivity contribution is 7.99. The summed E-state index contributed by atoms with van der Waals surface area (Å²) in [5, 5.41) is 0.987. The van der Waals surface area contributed by atoms with Gasteiger partial charge < -0.3 is 15.2 Å². The minimum absolute atomic E-state index is 0.196. The number of hydrogen-bond acceptors (Lipinski definition) is 6. The maximum atomic E-state index is 11.7. The van der Waals surface area contributed by atoms with Crippen LogP contribution in [0.3, 0.4) is 0 Å². The van der Waals surface area contributed by atoms with E-state index < -0.39 is 5.91 Å². The van der Waals surface area contributed by atoms with Crippen molar-refractivity contribution < 1.29 is 19.1 Å². The number of hydrogen-bond donors (Lipinski definition) is 1. The molecule has 0 aliphatic carbocycles. The molecule has 1 aromatic heterocycles. The van der Waals surface area contributed by atoms with Gasteiger partial charge in [-0.15, -0.1) is 23.1 Å². The summed E-state index contributed by atoms with van der Waals surface area (Å²) in [6.45, 7) is 0. The number of rotatable bonds is 8. The highest BCUT2D eigenvalue weighted by Gasteiger charge is 2.17. The number of unbranched alkanes of at least 4 members (excludes halogenated alkanes) is 1. The van der Waals surface area contributed by atoms with Gasteiger partial charge in [-0.05, 0) is 36.8 Å². The van der Waals surface area contributed by atoms with Crippen LogP contribution in [0.5, 0.6) is 5.75 Å². The molecule has 0 fully saturated rings. The van der Waals surface area contributed by atoms with Gasteiger partial charge in [0, 0.05) is 21.4 Å². The van der Waals surface area contributed by atoms with Crippen LogP contribution in [0.25, 0.3) is 10.1 Å². The topological polar surface area (TPSA) is 78.6 Å². The first-order valence-corrected chi connectivity index (χ1v) is 8.97. The molecule has 0 aliphatic heterocycles. The summed E-state index contributed by atoms with van der Waals surface area (Å²) in [4.78, 5) is 24.3. The Morgan fingerprint density at radius 3 is 2.70 bits per heavy atom. The zero-order valence-electron chi connectivity index (χ0n) is 13.1. The fraction of sp³-hybridized carbons (Fsp3) is 0.375. The molecule has 0 saturated heterocycles. The second-order valence-corrected chi connectivity index (χ2v) is 7.03. The molecule has 5 nitrogen and oxygen atoms in total. The van der Waals surface area contributed by atoms with Crippen LogP contribution in [0.15, 0.2) is 23.1 Å². The molecule has 0 radical (unpaired) electrons. The number of primary amides is 1. The minimum Gasteiger partial charge on any atom is -0.497 e. The van der Waals surface area contributed by atoms with E-state index in [9.17, 15) is 9.59 Å². The van der Waals surface area contributed by atoms with Crippen molar-refractivity contribution in [3.63, 3.8) is 0 Å². The summed E-state index contributed by atoms with van der Waals surface area (Å²) in [5.74, 6) is 0.944. The zero-order chi connectivity index (χ0) is 16.8. The fourth-order valence-electron chi connectivity index (χ4n) is 2.13. The molecule has 23 heavy (non-hydrogen) atoms. The second kappa shape index (κ2) is 8.21. The third-order valence-electron chi connectivity index (χ3n) is 3.32. The molecule has 0 unspecified atom stereocenters. The summed E-state index contributed by atoms with van der Waals surface area (Å²) >= 11 is 2.99. The number of thioether (sulfide) groups is 1. The lowest BCUT2D eigenvalue weighted by molar-refractivity contribution is -0.140. The van der Waals surface area contributed by atoms with Crippen molar-refractivity contribution in [1.82, 2.24) is 0 Å². The summed E-state index contributed by atoms with van der Waals surface area (Å²) in [6, 6.07) is 5.73. The summed E-state index contributed by atoms with van der Waals surface area (Å²) in [5.41, 5.74) is 5.50. The smallest absolute Gasteiger partial charge is 0.305 e. The molecule has 2 N–H and O–H groups in total. The number of amides is 1. The minimum atomic E-state index is -0.415. The van der Waals surface area contributed by atoms with Gasteiger partial charge in [0.05, 0.1) is 14.2 Å². The van der Waals surface area contributed by atoms with Crippen molar-refractivity contribution in [1.29, 1.82) is 0 Å². The summed E-state index contributed by atoms with van der Waals surface area (Å²) < 4.78 is 10.9. The van der Waals surface area contributed by atoms with Crippen LogP contribution in [0, 0.1) is 0 Å². The first kappa shape index (κ1) is 17.6. The molecule has 0 bridgehead atoms. The van der Waals surface area contributed by atoms with E-state index in [-0.39, 0.29) is 5.97 Å². The fourth-order valence-corrected chi connectivity index (χ4v) is 4.54. The van der Waals surface area contributed by atoms with Gasteiger partial charge in [-0.25, -0.2) is 0 Å². The van der Waals surface area contributed by atoms with Gasteiger partial charge in [-0.2, -0.15) is 0 Å². The van der Waals surface area contributed by atoms with E-state index in [4.69, 9.17) is 10.5 Å². The highest BCUT2D eigenvalue weighted by atomic mass is 32.2. The van der Waals surface area contributed by atoms with E-state index in [0.717, 1.165) is 39.3 Å². The van der Waals surface area contributed by atoms with Crippen LogP contribution in [-0.2, 0) is 9.53 Å². The Bertz CT molecular complexity index is 711. The average Bonchev–Trinajstić information content (AvgIpc) is 2.92. The Balaban J connectivity index is 2.12. The van der Waals surface area contributed by atoms with Gasteiger partial charge in [0.25, 0.3) is 5.91 Å². The lowest BCUT2D eigenvalue weighted by Gasteiger charge is -2.04. The number of carbonyl (C=O) groups is 2. The van der Waals surface area contributed by atoms with Crippen molar-refractivity contribution >= 4 is 45.1 Å². The van der Waals surface area contributed by atoms with Gasteiger partial charge >= 0.3 is 5.97 Å². The molecule has 2 aromatic rings. The van der Waals surface area contributed by atoms with Crippen LogP contribution < -0.4 is 10.5 Å². The Hall–Kier alpha value is -1.73. The van der Waals surface area contributed by atoms with E-state index in [2.05, 4.69) is 4.74 Å². The van der Waals surface area contributed by atoms with Crippen molar-refractivity contribution in [3.05, 3.63) is 23.1 Å². The molecule has 1 aromatic carbocycles. The second-order valence-electron chi connectivity index (χ2n) is 4.87. The predicted molar refractivity (Wildman–Crippen MR) is 93.5 cm³/mol. The lowest BCUT2D eigenvalue weighted by Crippen LogP contribution is -2.09. The van der Waals surface area contributed by atoms with Crippen molar-refractivity contribution in [2.24, 2.45) is 5.73 Å². The largest absolute Gasteiger partial charge is 0.497 e. The maximum Gasteiger partial charge on any atom is 0.305 e. The first-order valence-electron chi connectivity index (χ1n) is 7.16. The Morgan fingerprint density at radius 2 is 2.04 bits per heavy atom. The van der Waals surface area contributed by atoms with Crippen LogP contribution in [0.4, 0.5) is 0 Å². The molecule has 1 heterocycles. The van der Waals surface area contributed by atoms with Gasteiger partial charge in [0.1, 0.15) is 10.6 Å². The number of esters is 1. The van der Waals surface area contributed by atoms with E-state index in [1.807, 2.05) is 18.2 Å². The van der Waals surface area contributed by atoms with Crippen LogP contribution in [0.2, 0.25) is 0 Å². The normalized spacial score (nSPS) is 10.7. The number of thiophene rings is 1. The summed E-state index contributed by atoms with van der Waals surface area (Å²) in [7, 11) is 3.00. The van der Waals surface area contributed by atoms with E-state index >= 15 is 0 Å². The number of fused-ring (bicyclic) bond motifs is 1. The Kier molecular flexibility index (Phi) is 6.29. The van der Waals surface area contributed by atoms with Crippen LogP contribution >= 0.6 is 23.1 Å². The third-order valence-corrected chi connectivity index (χ3v) is 5.84. The van der Waals surface area contributed by atoms with Crippen molar-refractivity contribution in [3.8, 4) is 5.75 Å². The molecule has 1 amide bonds. The lowest BCUT2D eigenvalue weighted by atomic mass is 10.2. The molecule has 124 valence electrons. The van der Waals surface area contributed by atoms with Gasteiger partial charge in [0.2, 0.25) is 0 Å². The third kappa shape index (κ3) is 4.39. The highest BCUT2D eigenvalue weighted by Crippen LogP contribution is 2.40. The predicted octanol–water partition coefficient (Wildman–Crippen LogP) is 3.44. The molecule has 0 spiro atoms. The monoisotopic (exact) mass is 353 g/mol. The molecule has 0 atom stereocenters. The molecule has 0 aliphatic rings. The molecule has 7 heteroatoms. The van der Waals surface area contributed by atoms with Crippen LogP contribution in [0.1, 0.15) is 28.9 Å².